The monoisotopic (exact) mass is 243 g/mol. The smallest absolute Gasteiger partial charge is 0.0476 e. The first-order valence-corrected chi connectivity index (χ1v) is 6.93. The third-order valence-electron chi connectivity index (χ3n) is 3.91. The SMILES string of the molecule is NCCCC[C@@H]1NCCc2c1[nH]c1ccccc21. The second-order valence-electron chi connectivity index (χ2n) is 5.10. The Morgan fingerprint density at radius 1 is 1.22 bits per heavy atom. The maximum Gasteiger partial charge on any atom is 0.0476 e. The number of para-hydroxylation sites is 1. The van der Waals surface area contributed by atoms with Gasteiger partial charge >= 0.3 is 0 Å². The molecule has 1 aromatic heterocycles. The van der Waals surface area contributed by atoms with Gasteiger partial charge in [0.05, 0.1) is 0 Å². The van der Waals surface area contributed by atoms with Crippen LogP contribution in [0.1, 0.15) is 36.6 Å². The molecule has 0 saturated carbocycles. The van der Waals surface area contributed by atoms with Crippen molar-refractivity contribution in [1.82, 2.24) is 10.3 Å². The number of unbranched alkanes of at least 4 members (excludes halogenated alkanes) is 1. The number of nitrogens with two attached hydrogens (primary N) is 1. The number of nitrogens with one attached hydrogen (secondary N) is 2. The minimum atomic E-state index is 0.479. The third-order valence-corrected chi connectivity index (χ3v) is 3.91. The molecule has 0 fully saturated rings. The summed E-state index contributed by atoms with van der Waals surface area (Å²) in [4.78, 5) is 3.60. The van der Waals surface area contributed by atoms with E-state index in [1.54, 1.807) is 0 Å². The van der Waals surface area contributed by atoms with Gasteiger partial charge in [0.25, 0.3) is 0 Å². The predicted molar refractivity (Wildman–Crippen MR) is 75.7 cm³/mol. The lowest BCUT2D eigenvalue weighted by atomic mass is 9.96. The second-order valence-corrected chi connectivity index (χ2v) is 5.10. The molecule has 0 amide bonds. The Bertz CT molecular complexity index is 530. The van der Waals surface area contributed by atoms with Crippen LogP contribution in [0.5, 0.6) is 0 Å². The van der Waals surface area contributed by atoms with Gasteiger partial charge in [-0.1, -0.05) is 24.6 Å². The number of benzene rings is 1. The highest BCUT2D eigenvalue weighted by Crippen LogP contribution is 2.31. The van der Waals surface area contributed by atoms with Crippen LogP contribution in [0, 0.1) is 0 Å². The average molecular weight is 243 g/mol. The van der Waals surface area contributed by atoms with Gasteiger partial charge in [0, 0.05) is 22.6 Å². The maximum absolute atomic E-state index is 5.57. The van der Waals surface area contributed by atoms with E-state index in [0.29, 0.717) is 6.04 Å². The van der Waals surface area contributed by atoms with Crippen molar-refractivity contribution < 1.29 is 0 Å². The third kappa shape index (κ3) is 2.04. The molecule has 3 heteroatoms. The van der Waals surface area contributed by atoms with E-state index < -0.39 is 0 Å². The van der Waals surface area contributed by atoms with Crippen LogP contribution < -0.4 is 11.1 Å². The topological polar surface area (TPSA) is 53.8 Å². The van der Waals surface area contributed by atoms with Crippen LogP contribution in [-0.4, -0.2) is 18.1 Å². The molecular weight excluding hydrogens is 222 g/mol. The maximum atomic E-state index is 5.57. The molecule has 2 heterocycles. The molecule has 1 aliphatic rings. The minimum absolute atomic E-state index is 0.479. The molecule has 0 saturated heterocycles. The summed E-state index contributed by atoms with van der Waals surface area (Å²) in [7, 11) is 0. The minimum Gasteiger partial charge on any atom is -0.357 e. The van der Waals surface area contributed by atoms with Crippen molar-refractivity contribution in [3.05, 3.63) is 35.5 Å². The fourth-order valence-electron chi connectivity index (χ4n) is 3.00. The Kier molecular flexibility index (Phi) is 3.35. The zero-order valence-electron chi connectivity index (χ0n) is 10.7. The molecular formula is C15H21N3. The zero-order valence-corrected chi connectivity index (χ0v) is 10.7. The summed E-state index contributed by atoms with van der Waals surface area (Å²) in [6.07, 6.45) is 4.63. The summed E-state index contributed by atoms with van der Waals surface area (Å²) in [6, 6.07) is 9.10. The lowest BCUT2D eigenvalue weighted by Crippen LogP contribution is -2.29. The van der Waals surface area contributed by atoms with Crippen molar-refractivity contribution in [3.63, 3.8) is 0 Å². The first-order chi connectivity index (χ1) is 8.90. The highest BCUT2D eigenvalue weighted by atomic mass is 15.0. The molecule has 18 heavy (non-hydrogen) atoms. The number of fused-ring (bicyclic) bond motifs is 3. The molecule has 0 unspecified atom stereocenters. The fourth-order valence-corrected chi connectivity index (χ4v) is 3.00. The van der Waals surface area contributed by atoms with Gasteiger partial charge in [0.1, 0.15) is 0 Å². The number of hydrogen-bond donors (Lipinski definition) is 3. The normalized spacial score (nSPS) is 19.1. The van der Waals surface area contributed by atoms with Gasteiger partial charge < -0.3 is 16.0 Å². The van der Waals surface area contributed by atoms with Crippen LogP contribution in [0.4, 0.5) is 0 Å². The van der Waals surface area contributed by atoms with E-state index in [2.05, 4.69) is 34.6 Å². The molecule has 4 N–H and O–H groups in total. The Balaban J connectivity index is 1.90. The van der Waals surface area contributed by atoms with Crippen LogP contribution in [-0.2, 0) is 6.42 Å². The summed E-state index contributed by atoms with van der Waals surface area (Å²) in [6.45, 7) is 1.88. The molecule has 96 valence electrons. The predicted octanol–water partition coefficient (Wildman–Crippen LogP) is 2.48. The lowest BCUT2D eigenvalue weighted by Gasteiger charge is -2.24. The van der Waals surface area contributed by atoms with E-state index in [-0.39, 0.29) is 0 Å². The van der Waals surface area contributed by atoms with Crippen LogP contribution in [0.3, 0.4) is 0 Å². The molecule has 3 nitrogen and oxygen atoms in total. The van der Waals surface area contributed by atoms with Crippen molar-refractivity contribution >= 4 is 10.9 Å². The van der Waals surface area contributed by atoms with Crippen molar-refractivity contribution in [2.45, 2.75) is 31.7 Å². The highest BCUT2D eigenvalue weighted by molar-refractivity contribution is 5.85. The molecule has 3 rings (SSSR count). The van der Waals surface area contributed by atoms with Gasteiger partial charge in [0.15, 0.2) is 0 Å². The summed E-state index contributed by atoms with van der Waals surface area (Å²) >= 11 is 0. The molecule has 1 atom stereocenters. The van der Waals surface area contributed by atoms with Crippen LogP contribution >= 0.6 is 0 Å². The Morgan fingerprint density at radius 3 is 3.00 bits per heavy atom. The molecule has 1 aromatic carbocycles. The van der Waals surface area contributed by atoms with Crippen LogP contribution in [0.15, 0.2) is 24.3 Å². The van der Waals surface area contributed by atoms with Crippen LogP contribution in [0.25, 0.3) is 10.9 Å². The van der Waals surface area contributed by atoms with E-state index in [1.165, 1.54) is 35.0 Å². The van der Waals surface area contributed by atoms with E-state index in [9.17, 15) is 0 Å². The Hall–Kier alpha value is -1.32. The first kappa shape index (κ1) is 11.8. The van der Waals surface area contributed by atoms with Crippen LogP contribution in [0.2, 0.25) is 0 Å². The Labute approximate surface area is 108 Å². The lowest BCUT2D eigenvalue weighted by molar-refractivity contribution is 0.451. The number of rotatable bonds is 4. The van der Waals surface area contributed by atoms with Gasteiger partial charge in [-0.3, -0.25) is 0 Å². The molecule has 2 aromatic rings. The van der Waals surface area contributed by atoms with E-state index >= 15 is 0 Å². The number of H-pyrrole nitrogens is 1. The second kappa shape index (κ2) is 5.12. The Morgan fingerprint density at radius 2 is 2.11 bits per heavy atom. The van der Waals surface area contributed by atoms with Crippen molar-refractivity contribution in [2.24, 2.45) is 5.73 Å². The molecule has 0 spiro atoms. The quantitative estimate of drug-likeness (QED) is 0.723. The standard InChI is InChI=1S/C15H21N3/c16-9-4-3-7-14-15-12(8-10-17-14)11-5-1-2-6-13(11)18-15/h1-2,5-6,14,17-18H,3-4,7-10,16H2/t14-/m0/s1. The fraction of sp³-hybridized carbons (Fsp3) is 0.467. The average Bonchev–Trinajstić information content (AvgIpc) is 2.79. The van der Waals surface area contributed by atoms with E-state index in [4.69, 9.17) is 5.73 Å². The molecule has 0 bridgehead atoms. The van der Waals surface area contributed by atoms with Gasteiger partial charge in [-0.2, -0.15) is 0 Å². The van der Waals surface area contributed by atoms with Crippen molar-refractivity contribution in [2.75, 3.05) is 13.1 Å². The first-order valence-electron chi connectivity index (χ1n) is 6.93. The zero-order chi connectivity index (χ0) is 12.4. The summed E-state index contributed by atoms with van der Waals surface area (Å²) in [5, 5.41) is 5.02. The van der Waals surface area contributed by atoms with E-state index in [0.717, 1.165) is 25.9 Å². The summed E-state index contributed by atoms with van der Waals surface area (Å²) in [5.41, 5.74) is 9.76. The van der Waals surface area contributed by atoms with Crippen molar-refractivity contribution in [3.8, 4) is 0 Å². The molecule has 0 radical (unpaired) electrons. The van der Waals surface area contributed by atoms with Gasteiger partial charge in [-0.15, -0.1) is 0 Å². The number of hydrogen-bond acceptors (Lipinski definition) is 2. The summed E-state index contributed by atoms with van der Waals surface area (Å²) < 4.78 is 0. The summed E-state index contributed by atoms with van der Waals surface area (Å²) in [5.74, 6) is 0. The van der Waals surface area contributed by atoms with E-state index in [1.807, 2.05) is 0 Å². The van der Waals surface area contributed by atoms with Gasteiger partial charge in [-0.05, 0) is 44.0 Å². The highest BCUT2D eigenvalue weighted by Gasteiger charge is 2.22. The molecule has 1 aliphatic heterocycles. The largest absolute Gasteiger partial charge is 0.357 e. The van der Waals surface area contributed by atoms with Crippen molar-refractivity contribution in [1.29, 1.82) is 0 Å². The molecule has 0 aliphatic carbocycles. The number of aromatic amines is 1. The van der Waals surface area contributed by atoms with Gasteiger partial charge in [-0.25, -0.2) is 0 Å². The number of aromatic nitrogens is 1. The van der Waals surface area contributed by atoms with Gasteiger partial charge in [0.2, 0.25) is 0 Å².